The van der Waals surface area contributed by atoms with Gasteiger partial charge in [-0.2, -0.15) is 0 Å². The lowest BCUT2D eigenvalue weighted by Crippen LogP contribution is -1.93. The number of nitrogens with zero attached hydrogens (tertiary/aromatic N) is 2. The number of non-ortho nitro benzene ring substituents is 1. The average molecular weight is 246 g/mol. The Kier molecular flexibility index (Phi) is 2.03. The van der Waals surface area contributed by atoms with Gasteiger partial charge in [-0.15, -0.1) is 5.10 Å². The number of benzene rings is 1. The van der Waals surface area contributed by atoms with E-state index in [4.69, 9.17) is 4.42 Å². The van der Waals surface area contributed by atoms with Crippen molar-refractivity contribution in [2.24, 2.45) is 0 Å². The van der Waals surface area contributed by atoms with E-state index >= 15 is 0 Å². The summed E-state index contributed by atoms with van der Waals surface area (Å²) >= 11 is 0. The van der Waals surface area contributed by atoms with Crippen molar-refractivity contribution in [1.29, 1.82) is 0 Å². The maximum absolute atomic E-state index is 10.9. The number of aromatic nitrogens is 3. The Morgan fingerprint density at radius 1 is 1.39 bits per heavy atom. The van der Waals surface area contributed by atoms with Gasteiger partial charge in [0.15, 0.2) is 0 Å². The van der Waals surface area contributed by atoms with Crippen LogP contribution in [-0.4, -0.2) is 20.1 Å². The Hall–Kier alpha value is -2.90. The van der Waals surface area contributed by atoms with Crippen LogP contribution in [0.2, 0.25) is 0 Å². The van der Waals surface area contributed by atoms with Gasteiger partial charge in [-0.3, -0.25) is 10.1 Å². The number of hydrogen-bond donors (Lipinski definition) is 2. The van der Waals surface area contributed by atoms with Crippen molar-refractivity contribution in [3.8, 4) is 11.5 Å². The second-order valence-corrected chi connectivity index (χ2v) is 3.61. The molecule has 8 heteroatoms. The molecule has 2 heterocycles. The molecule has 2 aromatic heterocycles. The third-order valence-electron chi connectivity index (χ3n) is 2.54. The summed E-state index contributed by atoms with van der Waals surface area (Å²) in [6.45, 7) is 0. The van der Waals surface area contributed by atoms with Crippen LogP contribution in [0.15, 0.2) is 33.6 Å². The second kappa shape index (κ2) is 3.55. The third kappa shape index (κ3) is 1.47. The van der Waals surface area contributed by atoms with Gasteiger partial charge in [0.1, 0.15) is 0 Å². The van der Waals surface area contributed by atoms with Crippen molar-refractivity contribution in [3.05, 3.63) is 45.1 Å². The Labute approximate surface area is 98.4 Å². The highest BCUT2D eigenvalue weighted by Crippen LogP contribution is 2.29. The van der Waals surface area contributed by atoms with Crippen molar-refractivity contribution in [3.63, 3.8) is 0 Å². The van der Waals surface area contributed by atoms with Gasteiger partial charge in [-0.05, 0) is 6.07 Å². The van der Waals surface area contributed by atoms with Crippen molar-refractivity contribution >= 4 is 16.6 Å². The zero-order valence-corrected chi connectivity index (χ0v) is 8.84. The summed E-state index contributed by atoms with van der Waals surface area (Å²) in [5.74, 6) is -0.587. The summed E-state index contributed by atoms with van der Waals surface area (Å²) in [7, 11) is 0. The maximum Gasteiger partial charge on any atom is 0.434 e. The molecular weight excluding hydrogens is 240 g/mol. The highest BCUT2D eigenvalue weighted by molar-refractivity contribution is 5.94. The Morgan fingerprint density at radius 3 is 2.89 bits per heavy atom. The molecule has 0 fully saturated rings. The molecule has 90 valence electrons. The van der Waals surface area contributed by atoms with E-state index in [0.29, 0.717) is 16.5 Å². The molecule has 0 atom stereocenters. The summed E-state index contributed by atoms with van der Waals surface area (Å²) in [4.78, 5) is 24.0. The average Bonchev–Trinajstić information content (AvgIpc) is 2.93. The second-order valence-electron chi connectivity index (χ2n) is 3.61. The number of rotatable bonds is 2. The minimum atomic E-state index is -0.676. The highest BCUT2D eigenvalue weighted by Gasteiger charge is 2.14. The largest absolute Gasteiger partial charge is 0.434 e. The molecular formula is C10H6N4O4. The van der Waals surface area contributed by atoms with Crippen LogP contribution in [0.5, 0.6) is 0 Å². The van der Waals surface area contributed by atoms with E-state index < -0.39 is 10.7 Å². The summed E-state index contributed by atoms with van der Waals surface area (Å²) in [6.07, 6.45) is 1.58. The monoisotopic (exact) mass is 246 g/mol. The van der Waals surface area contributed by atoms with E-state index in [1.165, 1.54) is 12.1 Å². The lowest BCUT2D eigenvalue weighted by molar-refractivity contribution is -0.384. The minimum absolute atomic E-state index is 0.0405. The van der Waals surface area contributed by atoms with Gasteiger partial charge < -0.3 is 9.40 Å². The van der Waals surface area contributed by atoms with E-state index in [2.05, 4.69) is 15.2 Å². The zero-order valence-electron chi connectivity index (χ0n) is 8.84. The number of fused-ring (bicyclic) bond motifs is 1. The molecule has 0 spiro atoms. The van der Waals surface area contributed by atoms with Crippen molar-refractivity contribution in [1.82, 2.24) is 15.2 Å². The van der Waals surface area contributed by atoms with Crippen LogP contribution in [0.3, 0.4) is 0 Å². The van der Waals surface area contributed by atoms with Gasteiger partial charge in [0.05, 0.1) is 10.5 Å². The van der Waals surface area contributed by atoms with Crippen molar-refractivity contribution < 1.29 is 9.34 Å². The van der Waals surface area contributed by atoms with Crippen LogP contribution < -0.4 is 5.76 Å². The van der Waals surface area contributed by atoms with Gasteiger partial charge >= 0.3 is 5.76 Å². The molecule has 0 unspecified atom stereocenters. The first-order valence-corrected chi connectivity index (χ1v) is 4.96. The van der Waals surface area contributed by atoms with E-state index in [1.807, 2.05) is 0 Å². The topological polar surface area (TPSA) is 118 Å². The molecule has 3 aromatic rings. The Bertz CT molecular complexity index is 797. The van der Waals surface area contributed by atoms with Crippen molar-refractivity contribution in [2.45, 2.75) is 0 Å². The van der Waals surface area contributed by atoms with Crippen LogP contribution in [0.25, 0.3) is 22.4 Å². The molecule has 0 saturated heterocycles. The van der Waals surface area contributed by atoms with Gasteiger partial charge in [0.25, 0.3) is 11.6 Å². The summed E-state index contributed by atoms with van der Waals surface area (Å²) in [5, 5.41) is 17.1. The fourth-order valence-electron chi connectivity index (χ4n) is 1.74. The van der Waals surface area contributed by atoms with E-state index in [1.54, 1.807) is 12.3 Å². The molecule has 2 N–H and O–H groups in total. The standard InChI is InChI=1S/C10H6N4O4/c15-10-13-12-9(18-10)7-4-11-8-2-1-5(14(16)17)3-6(7)8/h1-4,11H,(H,13,15). The van der Waals surface area contributed by atoms with Gasteiger partial charge in [0, 0.05) is 29.2 Å². The van der Waals surface area contributed by atoms with E-state index in [0.717, 1.165) is 0 Å². The number of nitro benzene ring substituents is 1. The zero-order chi connectivity index (χ0) is 12.7. The van der Waals surface area contributed by atoms with Crippen LogP contribution in [0, 0.1) is 10.1 Å². The predicted molar refractivity (Wildman–Crippen MR) is 61.1 cm³/mol. The number of hydrogen-bond acceptors (Lipinski definition) is 5. The molecule has 0 aliphatic heterocycles. The van der Waals surface area contributed by atoms with Crippen molar-refractivity contribution in [2.75, 3.05) is 0 Å². The lowest BCUT2D eigenvalue weighted by Gasteiger charge is -1.93. The molecule has 0 aliphatic carbocycles. The molecule has 8 nitrogen and oxygen atoms in total. The van der Waals surface area contributed by atoms with Crippen LogP contribution in [0.4, 0.5) is 5.69 Å². The first-order valence-electron chi connectivity index (χ1n) is 4.96. The molecule has 0 amide bonds. The van der Waals surface area contributed by atoms with E-state index in [9.17, 15) is 14.9 Å². The molecule has 0 radical (unpaired) electrons. The quantitative estimate of drug-likeness (QED) is 0.523. The summed E-state index contributed by atoms with van der Waals surface area (Å²) in [6, 6.07) is 4.38. The van der Waals surface area contributed by atoms with E-state index in [-0.39, 0.29) is 11.6 Å². The molecule has 3 rings (SSSR count). The lowest BCUT2D eigenvalue weighted by atomic mass is 10.1. The maximum atomic E-state index is 10.9. The molecule has 1 aromatic carbocycles. The highest BCUT2D eigenvalue weighted by atomic mass is 16.6. The smallest absolute Gasteiger partial charge is 0.388 e. The van der Waals surface area contributed by atoms with Crippen LogP contribution in [-0.2, 0) is 0 Å². The minimum Gasteiger partial charge on any atom is -0.388 e. The number of aromatic amines is 2. The van der Waals surface area contributed by atoms with Gasteiger partial charge in [0.2, 0.25) is 0 Å². The first-order chi connectivity index (χ1) is 8.65. The number of H-pyrrole nitrogens is 2. The van der Waals surface area contributed by atoms with Gasteiger partial charge in [-0.25, -0.2) is 9.89 Å². The van der Waals surface area contributed by atoms with Gasteiger partial charge in [-0.1, -0.05) is 0 Å². The number of nitrogens with one attached hydrogen (secondary N) is 2. The molecule has 0 aliphatic rings. The fourth-order valence-corrected chi connectivity index (χ4v) is 1.74. The first kappa shape index (κ1) is 10.3. The third-order valence-corrected chi connectivity index (χ3v) is 2.54. The normalized spacial score (nSPS) is 10.9. The predicted octanol–water partition coefficient (Wildman–Crippen LogP) is 1.42. The Balaban J connectivity index is 2.27. The SMILES string of the molecule is O=c1[nH]nc(-c2c[nH]c3ccc([N+](=O)[O-])cc23)o1. The number of nitro groups is 1. The molecule has 0 bridgehead atoms. The van der Waals surface area contributed by atoms with Crippen LogP contribution >= 0.6 is 0 Å². The fraction of sp³-hybridized carbons (Fsp3) is 0. The molecule has 0 saturated carbocycles. The summed E-state index contributed by atoms with van der Waals surface area (Å²) < 4.78 is 4.82. The van der Waals surface area contributed by atoms with Crippen LogP contribution in [0.1, 0.15) is 0 Å². The molecule has 18 heavy (non-hydrogen) atoms. The Morgan fingerprint density at radius 2 is 2.22 bits per heavy atom. The summed E-state index contributed by atoms with van der Waals surface area (Å²) in [5.41, 5.74) is 1.15.